The molecule has 2 aliphatic rings. The first-order chi connectivity index (χ1) is 10.9. The zero-order valence-electron chi connectivity index (χ0n) is 13.0. The second kappa shape index (κ2) is 5.96. The van der Waals surface area contributed by atoms with Crippen molar-refractivity contribution in [2.75, 3.05) is 0 Å². The fourth-order valence-electron chi connectivity index (χ4n) is 3.49. The van der Waals surface area contributed by atoms with Crippen LogP contribution in [0, 0.1) is 0 Å². The normalized spacial score (nSPS) is 21.4. The number of halogens is 1. The van der Waals surface area contributed by atoms with Gasteiger partial charge in [-0.15, -0.1) is 0 Å². The zero-order valence-corrected chi connectivity index (χ0v) is 13.7. The van der Waals surface area contributed by atoms with Gasteiger partial charge in [0.1, 0.15) is 11.6 Å². The molecule has 2 fully saturated rings. The van der Waals surface area contributed by atoms with Gasteiger partial charge in [0, 0.05) is 10.6 Å². The molecule has 1 N–H and O–H groups in total. The maximum atomic E-state index is 12.8. The maximum Gasteiger partial charge on any atom is 0.325 e. The summed E-state index contributed by atoms with van der Waals surface area (Å²) < 4.78 is 0. The second-order valence-electron chi connectivity index (χ2n) is 6.30. The van der Waals surface area contributed by atoms with Gasteiger partial charge in [0.2, 0.25) is 0 Å². The van der Waals surface area contributed by atoms with Crippen LogP contribution in [0.25, 0.3) is 0 Å². The Morgan fingerprint density at radius 1 is 1.26 bits per heavy atom. The van der Waals surface area contributed by atoms with E-state index in [1.807, 2.05) is 0 Å². The molecular weight excluding hydrogens is 316 g/mol. The average Bonchev–Trinajstić information content (AvgIpc) is 2.77. The smallest absolute Gasteiger partial charge is 0.323 e. The topological polar surface area (TPSA) is 66.5 Å². The van der Waals surface area contributed by atoms with E-state index in [9.17, 15) is 14.4 Å². The third kappa shape index (κ3) is 2.74. The van der Waals surface area contributed by atoms with Crippen LogP contribution in [-0.2, 0) is 4.79 Å². The van der Waals surface area contributed by atoms with Gasteiger partial charge in [0.25, 0.3) is 5.91 Å². The van der Waals surface area contributed by atoms with Crippen LogP contribution in [0.5, 0.6) is 0 Å². The summed E-state index contributed by atoms with van der Waals surface area (Å²) >= 11 is 5.92. The van der Waals surface area contributed by atoms with Crippen LogP contribution in [-0.4, -0.2) is 34.2 Å². The molecule has 1 saturated carbocycles. The summed E-state index contributed by atoms with van der Waals surface area (Å²) in [5.41, 5.74) is -0.409. The van der Waals surface area contributed by atoms with Crippen molar-refractivity contribution in [1.29, 1.82) is 0 Å². The van der Waals surface area contributed by atoms with Gasteiger partial charge < -0.3 is 5.32 Å². The van der Waals surface area contributed by atoms with Crippen molar-refractivity contribution < 1.29 is 14.4 Å². The van der Waals surface area contributed by atoms with E-state index in [-0.39, 0.29) is 11.7 Å². The predicted octanol–water partition coefficient (Wildman–Crippen LogP) is 3.17. The van der Waals surface area contributed by atoms with E-state index < -0.39 is 17.6 Å². The number of carbonyl (C=O) groups excluding carboxylic acids is 3. The molecule has 1 saturated heterocycles. The number of amides is 3. The van der Waals surface area contributed by atoms with Crippen LogP contribution < -0.4 is 5.32 Å². The van der Waals surface area contributed by atoms with Crippen molar-refractivity contribution >= 4 is 29.3 Å². The largest absolute Gasteiger partial charge is 0.325 e. The molecule has 6 heteroatoms. The lowest BCUT2D eigenvalue weighted by Gasteiger charge is -2.31. The number of nitrogens with one attached hydrogen (secondary N) is 1. The molecule has 23 heavy (non-hydrogen) atoms. The van der Waals surface area contributed by atoms with Crippen molar-refractivity contribution in [3.05, 3.63) is 34.9 Å². The van der Waals surface area contributed by atoms with Crippen LogP contribution in [0.2, 0.25) is 5.02 Å². The maximum absolute atomic E-state index is 12.8. The Balaban J connectivity index is 1.84. The van der Waals surface area contributed by atoms with Crippen LogP contribution >= 0.6 is 11.6 Å². The first-order valence-corrected chi connectivity index (χ1v) is 8.28. The van der Waals surface area contributed by atoms with Gasteiger partial charge in [-0.2, -0.15) is 0 Å². The summed E-state index contributed by atoms with van der Waals surface area (Å²) in [6.07, 6.45) is 4.19. The molecule has 0 unspecified atom stereocenters. The molecule has 1 atom stereocenters. The lowest BCUT2D eigenvalue weighted by Crippen LogP contribution is -2.49. The molecule has 1 aliphatic heterocycles. The standard InChI is InChI=1S/C17H19ClN2O3/c1-11(14(21)12-6-5-7-13(18)10-12)20-15(22)17(19-16(20)23)8-3-2-4-9-17/h5-7,10-11H,2-4,8-9H2,1H3,(H,19,23)/t11-/m1/s1. The summed E-state index contributed by atoms with van der Waals surface area (Å²) in [5.74, 6) is -0.561. The Morgan fingerprint density at radius 2 is 1.96 bits per heavy atom. The minimum absolute atomic E-state index is 0.273. The number of benzene rings is 1. The monoisotopic (exact) mass is 334 g/mol. The fourth-order valence-corrected chi connectivity index (χ4v) is 3.68. The summed E-state index contributed by atoms with van der Waals surface area (Å²) in [7, 11) is 0. The van der Waals surface area contributed by atoms with E-state index in [1.165, 1.54) is 0 Å². The van der Waals surface area contributed by atoms with Gasteiger partial charge in [0.05, 0.1) is 0 Å². The lowest BCUT2D eigenvalue weighted by atomic mass is 9.81. The number of nitrogens with zero attached hydrogens (tertiary/aromatic N) is 1. The quantitative estimate of drug-likeness (QED) is 0.682. The first-order valence-electron chi connectivity index (χ1n) is 7.90. The minimum Gasteiger partial charge on any atom is -0.323 e. The second-order valence-corrected chi connectivity index (χ2v) is 6.74. The van der Waals surface area contributed by atoms with E-state index >= 15 is 0 Å². The number of imide groups is 1. The molecule has 1 heterocycles. The van der Waals surface area contributed by atoms with Crippen molar-refractivity contribution in [3.63, 3.8) is 0 Å². The van der Waals surface area contributed by atoms with Crippen LogP contribution in [0.15, 0.2) is 24.3 Å². The van der Waals surface area contributed by atoms with E-state index in [0.717, 1.165) is 24.2 Å². The van der Waals surface area contributed by atoms with Crippen LogP contribution in [0.3, 0.4) is 0 Å². The number of rotatable bonds is 3. The molecular formula is C17H19ClN2O3. The molecule has 1 spiro atoms. The summed E-state index contributed by atoms with van der Waals surface area (Å²) in [5, 5.41) is 3.28. The molecule has 3 rings (SSSR count). The fraction of sp³-hybridized carbons (Fsp3) is 0.471. The number of hydrogen-bond donors (Lipinski definition) is 1. The highest BCUT2D eigenvalue weighted by atomic mass is 35.5. The van der Waals surface area contributed by atoms with E-state index in [4.69, 9.17) is 11.6 Å². The van der Waals surface area contributed by atoms with Gasteiger partial charge in [-0.05, 0) is 31.9 Å². The van der Waals surface area contributed by atoms with Crippen molar-refractivity contribution in [2.45, 2.75) is 50.6 Å². The van der Waals surface area contributed by atoms with Crippen molar-refractivity contribution in [3.8, 4) is 0 Å². The van der Waals surface area contributed by atoms with Crippen LogP contribution in [0.1, 0.15) is 49.4 Å². The van der Waals surface area contributed by atoms with Crippen molar-refractivity contribution in [1.82, 2.24) is 10.2 Å². The molecule has 0 aromatic heterocycles. The molecule has 1 aromatic carbocycles. The van der Waals surface area contributed by atoms with Crippen LogP contribution in [0.4, 0.5) is 4.79 Å². The molecule has 1 aliphatic carbocycles. The third-order valence-corrected chi connectivity index (χ3v) is 5.01. The Labute approximate surface area is 140 Å². The van der Waals surface area contributed by atoms with E-state index in [2.05, 4.69) is 5.32 Å². The molecule has 0 bridgehead atoms. The Hall–Kier alpha value is -1.88. The number of hydrogen-bond acceptors (Lipinski definition) is 3. The Bertz CT molecular complexity index is 668. The highest BCUT2D eigenvalue weighted by Crippen LogP contribution is 2.34. The van der Waals surface area contributed by atoms with Gasteiger partial charge in [-0.3, -0.25) is 14.5 Å². The summed E-state index contributed by atoms with van der Waals surface area (Å²) in [6, 6.07) is 5.22. The molecule has 1 aromatic rings. The molecule has 0 radical (unpaired) electrons. The lowest BCUT2D eigenvalue weighted by molar-refractivity contribution is -0.133. The average molecular weight is 335 g/mol. The van der Waals surface area contributed by atoms with Gasteiger partial charge in [-0.25, -0.2) is 4.79 Å². The number of urea groups is 1. The van der Waals surface area contributed by atoms with Gasteiger partial charge >= 0.3 is 6.03 Å². The van der Waals surface area contributed by atoms with E-state index in [1.54, 1.807) is 31.2 Å². The minimum atomic E-state index is -0.845. The Morgan fingerprint density at radius 3 is 2.61 bits per heavy atom. The highest BCUT2D eigenvalue weighted by Gasteiger charge is 2.53. The summed E-state index contributed by atoms with van der Waals surface area (Å²) in [4.78, 5) is 38.8. The predicted molar refractivity (Wildman–Crippen MR) is 86.4 cm³/mol. The highest BCUT2D eigenvalue weighted by molar-refractivity contribution is 6.31. The third-order valence-electron chi connectivity index (χ3n) is 4.78. The summed E-state index contributed by atoms with van der Waals surface area (Å²) in [6.45, 7) is 1.59. The van der Waals surface area contributed by atoms with Gasteiger partial charge in [-0.1, -0.05) is 43.0 Å². The zero-order chi connectivity index (χ0) is 16.6. The van der Waals surface area contributed by atoms with E-state index in [0.29, 0.717) is 23.4 Å². The van der Waals surface area contributed by atoms with Gasteiger partial charge in [0.15, 0.2) is 5.78 Å². The number of carbonyl (C=O) groups is 3. The number of ketones is 1. The SMILES string of the molecule is C[C@H](C(=O)c1cccc(Cl)c1)N1C(=O)NC2(CCCCC2)C1=O. The molecule has 122 valence electrons. The molecule has 5 nitrogen and oxygen atoms in total. The first kappa shape index (κ1) is 16.0. The van der Waals surface area contributed by atoms with Crippen molar-refractivity contribution in [2.24, 2.45) is 0 Å². The Kier molecular flexibility index (Phi) is 4.15. The molecule has 3 amide bonds. The number of Topliss-reactive ketones (excluding diaryl/α,β-unsaturated/α-hetero) is 1.